The molecule has 124 valence electrons. The van der Waals surface area contributed by atoms with Gasteiger partial charge in [0, 0.05) is 22.3 Å². The molecule has 0 aromatic heterocycles. The zero-order valence-corrected chi connectivity index (χ0v) is 15.7. The molecule has 0 spiro atoms. The highest BCUT2D eigenvalue weighted by atomic mass is 35.5. The maximum absolute atomic E-state index is 11.9. The Kier molecular flexibility index (Phi) is 10.0. The lowest BCUT2D eigenvalue weighted by molar-refractivity contribution is -0.118. The van der Waals surface area contributed by atoms with Crippen LogP contribution in [0.3, 0.4) is 0 Å². The largest absolute Gasteiger partial charge is 0.355 e. The number of thioether (sulfide) groups is 1. The molecule has 0 fully saturated rings. The van der Waals surface area contributed by atoms with E-state index in [1.807, 2.05) is 18.2 Å². The van der Waals surface area contributed by atoms with Crippen molar-refractivity contribution in [2.45, 2.75) is 45.3 Å². The summed E-state index contributed by atoms with van der Waals surface area (Å²) in [4.78, 5) is 11.9. The minimum atomic E-state index is 0.0862. The van der Waals surface area contributed by atoms with Crippen LogP contribution in [0.25, 0.3) is 0 Å². The minimum absolute atomic E-state index is 0.0862. The van der Waals surface area contributed by atoms with Crippen molar-refractivity contribution in [3.63, 3.8) is 0 Å². The first-order valence-corrected chi connectivity index (χ1v) is 9.76. The van der Waals surface area contributed by atoms with Crippen LogP contribution in [0.1, 0.15) is 45.1 Å². The van der Waals surface area contributed by atoms with Crippen LogP contribution in [-0.2, 0) is 10.5 Å². The van der Waals surface area contributed by atoms with Crippen molar-refractivity contribution in [3.8, 4) is 0 Å². The normalized spacial score (nSPS) is 12.2. The van der Waals surface area contributed by atoms with Crippen LogP contribution in [0.15, 0.2) is 18.2 Å². The smallest absolute Gasteiger partial charge is 0.230 e. The third-order valence-electron chi connectivity index (χ3n) is 3.67. The van der Waals surface area contributed by atoms with Crippen LogP contribution in [0.5, 0.6) is 0 Å². The van der Waals surface area contributed by atoms with E-state index in [0.29, 0.717) is 27.5 Å². The van der Waals surface area contributed by atoms with Gasteiger partial charge in [0.25, 0.3) is 0 Å². The average molecular weight is 362 g/mol. The standard InChI is InChI=1S/C17H25Cl2NOS/c1-3-5-7-13(4-2)10-20-17(21)12-22-11-14-15(18)8-6-9-16(14)19/h6,8-9,13H,3-5,7,10-12H2,1-2H3,(H,20,21)/t13-/m0/s1. The molecular formula is C17H25Cl2NOS. The second-order valence-electron chi connectivity index (χ2n) is 5.41. The number of amides is 1. The van der Waals surface area contributed by atoms with E-state index in [1.165, 1.54) is 31.0 Å². The Morgan fingerprint density at radius 2 is 1.95 bits per heavy atom. The van der Waals surface area contributed by atoms with E-state index in [1.54, 1.807) is 0 Å². The van der Waals surface area contributed by atoms with E-state index in [4.69, 9.17) is 23.2 Å². The molecule has 0 aliphatic rings. The summed E-state index contributed by atoms with van der Waals surface area (Å²) >= 11 is 13.8. The monoisotopic (exact) mass is 361 g/mol. The molecule has 1 aromatic rings. The minimum Gasteiger partial charge on any atom is -0.355 e. The molecule has 2 nitrogen and oxygen atoms in total. The quantitative estimate of drug-likeness (QED) is 0.590. The fourth-order valence-corrected chi connectivity index (χ4v) is 3.76. The molecule has 5 heteroatoms. The van der Waals surface area contributed by atoms with Gasteiger partial charge in [-0.15, -0.1) is 11.8 Å². The molecule has 1 aromatic carbocycles. The van der Waals surface area contributed by atoms with E-state index in [2.05, 4.69) is 19.2 Å². The van der Waals surface area contributed by atoms with Crippen LogP contribution < -0.4 is 5.32 Å². The summed E-state index contributed by atoms with van der Waals surface area (Å²) in [5.74, 6) is 1.76. The molecule has 0 saturated heterocycles. The van der Waals surface area contributed by atoms with Crippen LogP contribution in [0.4, 0.5) is 0 Å². The Labute approximate surface area is 148 Å². The number of carbonyl (C=O) groups is 1. The molecule has 1 rings (SSSR count). The highest BCUT2D eigenvalue weighted by molar-refractivity contribution is 7.99. The van der Waals surface area contributed by atoms with E-state index in [0.717, 1.165) is 18.5 Å². The predicted octanol–water partition coefficient (Wildman–Crippen LogP) is 5.56. The van der Waals surface area contributed by atoms with Crippen molar-refractivity contribution >= 4 is 40.9 Å². The average Bonchev–Trinajstić information content (AvgIpc) is 2.50. The molecule has 1 atom stereocenters. The molecule has 22 heavy (non-hydrogen) atoms. The summed E-state index contributed by atoms with van der Waals surface area (Å²) in [6, 6.07) is 5.47. The summed E-state index contributed by atoms with van der Waals surface area (Å²) in [6.45, 7) is 5.16. The molecule has 0 aliphatic carbocycles. The van der Waals surface area contributed by atoms with Gasteiger partial charge in [0.1, 0.15) is 0 Å². The van der Waals surface area contributed by atoms with Crippen LogP contribution in [-0.4, -0.2) is 18.2 Å². The third-order valence-corrected chi connectivity index (χ3v) is 5.34. The van der Waals surface area contributed by atoms with Gasteiger partial charge >= 0.3 is 0 Å². The topological polar surface area (TPSA) is 29.1 Å². The van der Waals surface area contributed by atoms with Gasteiger partial charge < -0.3 is 5.32 Å². The van der Waals surface area contributed by atoms with Gasteiger partial charge in [-0.25, -0.2) is 0 Å². The summed E-state index contributed by atoms with van der Waals surface area (Å²) in [6.07, 6.45) is 4.74. The molecule has 0 unspecified atom stereocenters. The second-order valence-corrected chi connectivity index (χ2v) is 7.21. The SMILES string of the molecule is CCCC[C@H](CC)CNC(=O)CSCc1c(Cl)cccc1Cl. The Balaban J connectivity index is 2.28. The summed E-state index contributed by atoms with van der Waals surface area (Å²) in [5.41, 5.74) is 0.901. The van der Waals surface area contributed by atoms with Gasteiger partial charge in [0.15, 0.2) is 0 Å². The van der Waals surface area contributed by atoms with E-state index in [-0.39, 0.29) is 5.91 Å². The first kappa shape index (κ1) is 19.7. The number of hydrogen-bond acceptors (Lipinski definition) is 2. The van der Waals surface area contributed by atoms with Gasteiger partial charge in [-0.1, -0.05) is 62.4 Å². The van der Waals surface area contributed by atoms with Crippen molar-refractivity contribution in [3.05, 3.63) is 33.8 Å². The number of carbonyl (C=O) groups excluding carboxylic acids is 1. The fraction of sp³-hybridized carbons (Fsp3) is 0.588. The molecule has 1 amide bonds. The Morgan fingerprint density at radius 3 is 2.55 bits per heavy atom. The number of rotatable bonds is 10. The van der Waals surface area contributed by atoms with Crippen molar-refractivity contribution < 1.29 is 4.79 Å². The first-order valence-electron chi connectivity index (χ1n) is 7.85. The zero-order valence-electron chi connectivity index (χ0n) is 13.3. The van der Waals surface area contributed by atoms with Crippen LogP contribution >= 0.6 is 35.0 Å². The summed E-state index contributed by atoms with van der Waals surface area (Å²) in [5, 5.41) is 4.35. The van der Waals surface area contributed by atoms with E-state index >= 15 is 0 Å². The van der Waals surface area contributed by atoms with Crippen LogP contribution in [0.2, 0.25) is 10.0 Å². The predicted molar refractivity (Wildman–Crippen MR) is 98.9 cm³/mol. The highest BCUT2D eigenvalue weighted by Crippen LogP contribution is 2.28. The number of unbranched alkanes of at least 4 members (excludes halogenated alkanes) is 1. The van der Waals surface area contributed by atoms with Gasteiger partial charge in [0.05, 0.1) is 5.75 Å². The lowest BCUT2D eigenvalue weighted by Crippen LogP contribution is -2.30. The van der Waals surface area contributed by atoms with Gasteiger partial charge in [-0.2, -0.15) is 0 Å². The number of benzene rings is 1. The van der Waals surface area contributed by atoms with Crippen molar-refractivity contribution in [2.75, 3.05) is 12.3 Å². The van der Waals surface area contributed by atoms with Gasteiger partial charge in [0.2, 0.25) is 5.91 Å². The van der Waals surface area contributed by atoms with Crippen molar-refractivity contribution in [1.82, 2.24) is 5.32 Å². The Morgan fingerprint density at radius 1 is 1.27 bits per heavy atom. The maximum Gasteiger partial charge on any atom is 0.230 e. The molecule has 0 radical (unpaired) electrons. The molecule has 0 saturated carbocycles. The zero-order chi connectivity index (χ0) is 16.4. The highest BCUT2D eigenvalue weighted by Gasteiger charge is 2.10. The van der Waals surface area contributed by atoms with Crippen LogP contribution in [0, 0.1) is 5.92 Å². The van der Waals surface area contributed by atoms with Gasteiger partial charge in [-0.3, -0.25) is 4.79 Å². The van der Waals surface area contributed by atoms with Crippen molar-refractivity contribution in [2.24, 2.45) is 5.92 Å². The first-order chi connectivity index (χ1) is 10.6. The van der Waals surface area contributed by atoms with E-state index in [9.17, 15) is 4.79 Å². The fourth-order valence-electron chi connectivity index (χ4n) is 2.17. The number of halogens is 2. The van der Waals surface area contributed by atoms with Crippen molar-refractivity contribution in [1.29, 1.82) is 0 Å². The molecule has 0 heterocycles. The molecule has 0 bridgehead atoms. The molecule has 0 aliphatic heterocycles. The summed E-state index contributed by atoms with van der Waals surface area (Å²) in [7, 11) is 0. The number of nitrogens with one attached hydrogen (secondary N) is 1. The Hall–Kier alpha value is -0.380. The van der Waals surface area contributed by atoms with Gasteiger partial charge in [-0.05, 0) is 30.0 Å². The lowest BCUT2D eigenvalue weighted by Gasteiger charge is -2.15. The molecule has 1 N–H and O–H groups in total. The number of hydrogen-bond donors (Lipinski definition) is 1. The summed E-state index contributed by atoms with van der Waals surface area (Å²) < 4.78 is 0. The second kappa shape index (κ2) is 11.2. The third kappa shape index (κ3) is 7.26. The Bertz CT molecular complexity index is 448. The lowest BCUT2D eigenvalue weighted by atomic mass is 9.99. The van der Waals surface area contributed by atoms with E-state index < -0.39 is 0 Å². The maximum atomic E-state index is 11.9. The molecular weight excluding hydrogens is 337 g/mol.